The molecule has 0 aromatic carbocycles. The van der Waals surface area contributed by atoms with E-state index >= 15 is 0 Å². The Labute approximate surface area is 86.9 Å². The van der Waals surface area contributed by atoms with Crippen LogP contribution in [0.15, 0.2) is 70.0 Å². The summed E-state index contributed by atoms with van der Waals surface area (Å²) in [6.45, 7) is 6.70. The van der Waals surface area contributed by atoms with Crippen molar-refractivity contribution in [1.82, 2.24) is 0 Å². The molecule has 0 nitrogen and oxygen atoms in total. The first kappa shape index (κ1) is 12.2. The van der Waals surface area contributed by atoms with E-state index in [1.807, 2.05) is 13.7 Å². The van der Waals surface area contributed by atoms with Gasteiger partial charge in [0.1, 0.15) is 0 Å². The minimum absolute atomic E-state index is 0.497. The van der Waals surface area contributed by atoms with E-state index in [1.165, 1.54) is 0 Å². The lowest BCUT2D eigenvalue weighted by atomic mass is 10.1. The van der Waals surface area contributed by atoms with E-state index in [4.69, 9.17) is 0 Å². The maximum atomic E-state index is 3.36. The first-order chi connectivity index (χ1) is 6.81. The van der Waals surface area contributed by atoms with Gasteiger partial charge in [0.25, 0.3) is 0 Å². The van der Waals surface area contributed by atoms with Crippen LogP contribution in [0.1, 0.15) is 0 Å². The third kappa shape index (κ3) is 8.31. The van der Waals surface area contributed by atoms with Crippen LogP contribution >= 0.6 is 8.58 Å². The highest BCUT2D eigenvalue weighted by atomic mass is 31.1. The van der Waals surface area contributed by atoms with Crippen LogP contribution in [-0.2, 0) is 0 Å². The Balaban J connectivity index is 4.76. The summed E-state index contributed by atoms with van der Waals surface area (Å²) in [6.07, 6.45) is 0. The van der Waals surface area contributed by atoms with Gasteiger partial charge in [-0.25, -0.2) is 0 Å². The second kappa shape index (κ2) is 9.30. The standard InChI is InChI=1S/C12H8BP/c1-3-5-7-9-11-14-12(13)10-8-6-4-2/h11,14H,1-2,13H2. The van der Waals surface area contributed by atoms with Crippen LogP contribution in [0.3, 0.4) is 0 Å². The Kier molecular flexibility index (Phi) is 8.12. The molecule has 1 unspecified atom stereocenters. The molecule has 0 aliphatic heterocycles. The molecule has 2 heteroatoms. The molecule has 0 radical (unpaired) electrons. The van der Waals surface area contributed by atoms with Crippen LogP contribution in [0.4, 0.5) is 0 Å². The lowest BCUT2D eigenvalue weighted by Crippen LogP contribution is -1.60. The van der Waals surface area contributed by atoms with Gasteiger partial charge in [-0.15, -0.1) is 0 Å². The molecule has 0 aliphatic rings. The maximum Gasteiger partial charge on any atom is 0.151 e. The molecule has 0 aromatic heterocycles. The summed E-state index contributed by atoms with van der Waals surface area (Å²) in [4.78, 5) is 0. The van der Waals surface area contributed by atoms with Crippen LogP contribution in [-0.4, -0.2) is 7.85 Å². The van der Waals surface area contributed by atoms with Gasteiger partial charge in [-0.05, 0) is 47.1 Å². The molecule has 0 fully saturated rings. The van der Waals surface area contributed by atoms with Gasteiger partial charge >= 0.3 is 0 Å². The zero-order valence-corrected chi connectivity index (χ0v) is 8.99. The van der Waals surface area contributed by atoms with Gasteiger partial charge in [-0.3, -0.25) is 0 Å². The van der Waals surface area contributed by atoms with Gasteiger partial charge in [0.15, 0.2) is 7.85 Å². The monoisotopic (exact) mass is 194 g/mol. The predicted octanol–water partition coefficient (Wildman–Crippen LogP) is 2.15. The van der Waals surface area contributed by atoms with Crippen LogP contribution < -0.4 is 0 Å². The van der Waals surface area contributed by atoms with Crippen molar-refractivity contribution in [2.24, 2.45) is 0 Å². The fourth-order valence-electron chi connectivity index (χ4n) is 0.466. The van der Waals surface area contributed by atoms with E-state index in [9.17, 15) is 0 Å². The molecule has 0 spiro atoms. The second-order valence-electron chi connectivity index (χ2n) is 2.04. The number of hydrogen-bond donors (Lipinski definition) is 0. The number of hydrogen-bond acceptors (Lipinski definition) is 0. The summed E-state index contributed by atoms with van der Waals surface area (Å²) in [6, 6.07) is 0. The van der Waals surface area contributed by atoms with Gasteiger partial charge in [0.2, 0.25) is 0 Å². The largest absolute Gasteiger partial charge is 0.151 e. The fourth-order valence-corrected chi connectivity index (χ4v) is 0.961. The van der Waals surface area contributed by atoms with E-state index in [2.05, 4.69) is 59.0 Å². The lowest BCUT2D eigenvalue weighted by molar-refractivity contribution is 2.17. The predicted molar refractivity (Wildman–Crippen MR) is 64.3 cm³/mol. The van der Waals surface area contributed by atoms with E-state index in [-0.39, 0.29) is 0 Å². The zero-order chi connectivity index (χ0) is 10.6. The Morgan fingerprint density at radius 3 is 2.36 bits per heavy atom. The highest BCUT2D eigenvalue weighted by molar-refractivity contribution is 7.49. The van der Waals surface area contributed by atoms with E-state index in [0.29, 0.717) is 8.58 Å². The van der Waals surface area contributed by atoms with Crippen LogP contribution in [0.2, 0.25) is 0 Å². The molecule has 0 N–H and O–H groups in total. The molecule has 0 aliphatic carbocycles. The lowest BCUT2D eigenvalue weighted by Gasteiger charge is -1.82. The Hall–Kier alpha value is -1.79. The van der Waals surface area contributed by atoms with E-state index < -0.39 is 0 Å². The Morgan fingerprint density at radius 2 is 1.71 bits per heavy atom. The van der Waals surface area contributed by atoms with E-state index in [0.717, 1.165) is 5.21 Å². The number of rotatable bonds is 2. The van der Waals surface area contributed by atoms with Crippen molar-refractivity contribution in [3.63, 3.8) is 0 Å². The normalized spacial score (nSPS) is 6.29. The SMILES string of the molecule is BC(=C=C=C=C=C)PC=C=C=C=C=C. The molecule has 0 saturated carbocycles. The second-order valence-corrected chi connectivity index (χ2v) is 3.36. The summed E-state index contributed by atoms with van der Waals surface area (Å²) in [5, 5.41) is 1.05. The minimum Gasteiger partial charge on any atom is -0.0687 e. The van der Waals surface area contributed by atoms with Crippen molar-refractivity contribution in [1.29, 1.82) is 0 Å². The Morgan fingerprint density at radius 1 is 1.07 bits per heavy atom. The van der Waals surface area contributed by atoms with Gasteiger partial charge in [0.05, 0.1) is 0 Å². The highest BCUT2D eigenvalue weighted by Gasteiger charge is 1.78. The topological polar surface area (TPSA) is 0 Å². The van der Waals surface area contributed by atoms with Crippen molar-refractivity contribution < 1.29 is 0 Å². The van der Waals surface area contributed by atoms with Crippen LogP contribution in [0.5, 0.6) is 0 Å². The highest BCUT2D eigenvalue weighted by Crippen LogP contribution is 2.18. The summed E-state index contributed by atoms with van der Waals surface area (Å²) < 4.78 is 0. The van der Waals surface area contributed by atoms with Gasteiger partial charge in [-0.1, -0.05) is 31.5 Å². The fraction of sp³-hybridized carbons (Fsp3) is 0. The van der Waals surface area contributed by atoms with Crippen molar-refractivity contribution in [2.45, 2.75) is 0 Å². The quantitative estimate of drug-likeness (QED) is 0.359. The molecule has 0 heterocycles. The van der Waals surface area contributed by atoms with Crippen LogP contribution in [0.25, 0.3) is 0 Å². The summed E-state index contributed by atoms with van der Waals surface area (Å²) in [5.74, 6) is 1.84. The molecule has 0 bridgehead atoms. The molecule has 64 valence electrons. The molecule has 0 saturated heterocycles. The molecule has 0 rings (SSSR count). The smallest absolute Gasteiger partial charge is 0.0687 e. The van der Waals surface area contributed by atoms with Crippen molar-refractivity contribution in [2.75, 3.05) is 0 Å². The van der Waals surface area contributed by atoms with Gasteiger partial charge in [-0.2, -0.15) is 0 Å². The van der Waals surface area contributed by atoms with Crippen LogP contribution in [0, 0.1) is 0 Å². The summed E-state index contributed by atoms with van der Waals surface area (Å²) >= 11 is 0. The minimum atomic E-state index is 0.497. The first-order valence-corrected chi connectivity index (χ1v) is 4.86. The van der Waals surface area contributed by atoms with E-state index in [1.54, 1.807) is 0 Å². The average molecular weight is 194 g/mol. The van der Waals surface area contributed by atoms with Gasteiger partial charge < -0.3 is 0 Å². The molecule has 0 amide bonds. The molecular weight excluding hydrogens is 186 g/mol. The average Bonchev–Trinajstić information content (AvgIpc) is 2.18. The Bertz CT molecular complexity index is 505. The maximum absolute atomic E-state index is 3.36. The van der Waals surface area contributed by atoms with Crippen molar-refractivity contribution in [3.05, 3.63) is 70.0 Å². The molecule has 14 heavy (non-hydrogen) atoms. The van der Waals surface area contributed by atoms with Crippen molar-refractivity contribution >= 4 is 16.4 Å². The van der Waals surface area contributed by atoms with Gasteiger partial charge in [0, 0.05) is 0 Å². The molecule has 1 atom stereocenters. The summed E-state index contributed by atoms with van der Waals surface area (Å²) in [5.41, 5.74) is 21.0. The molecule has 0 aromatic rings. The van der Waals surface area contributed by atoms with Crippen molar-refractivity contribution in [3.8, 4) is 0 Å². The zero-order valence-electron chi connectivity index (χ0n) is 7.99. The first-order valence-electron chi connectivity index (χ1n) is 3.78. The third-order valence-corrected chi connectivity index (χ3v) is 1.83. The third-order valence-electron chi connectivity index (χ3n) is 0.985. The summed E-state index contributed by atoms with van der Waals surface area (Å²) in [7, 11) is 2.44. The molecular formula is C12H8BP.